The van der Waals surface area contributed by atoms with Gasteiger partial charge in [-0.25, -0.2) is 0 Å². The molecule has 0 heterocycles. The normalized spacial score (nSPS) is 41.9. The molecule has 0 aliphatic heterocycles. The van der Waals surface area contributed by atoms with E-state index in [-0.39, 0.29) is 11.7 Å². The summed E-state index contributed by atoms with van der Waals surface area (Å²) in [6.45, 7) is 14.8. The van der Waals surface area contributed by atoms with E-state index in [0.717, 1.165) is 24.9 Å². The fourth-order valence-corrected chi connectivity index (χ4v) is 8.37. The smallest absolute Gasteiger partial charge is 0.184 e. The molecule has 4 heteroatoms. The molecule has 6 atom stereocenters. The van der Waals surface area contributed by atoms with E-state index in [4.69, 9.17) is 9.16 Å². The second kappa shape index (κ2) is 8.08. The predicted octanol–water partition coefficient (Wildman–Crippen LogP) is 7.07. The molecular formula is C23H39BrO2Si. The van der Waals surface area contributed by atoms with Crippen molar-refractivity contribution in [1.82, 2.24) is 0 Å². The Labute approximate surface area is 176 Å². The topological polar surface area (TPSA) is 18.5 Å². The molecule has 2 fully saturated rings. The fraction of sp³-hybridized carbons (Fsp3) is 0.826. The number of hydrogen-bond acceptors (Lipinski definition) is 2. The van der Waals surface area contributed by atoms with E-state index < -0.39 is 8.32 Å². The summed E-state index contributed by atoms with van der Waals surface area (Å²) in [5, 5.41) is 0. The molecule has 0 aromatic carbocycles. The van der Waals surface area contributed by atoms with Crippen LogP contribution in [0.3, 0.4) is 0 Å². The van der Waals surface area contributed by atoms with Crippen molar-refractivity contribution in [3.05, 3.63) is 22.7 Å². The Hall–Kier alpha value is 0.0969. The van der Waals surface area contributed by atoms with Gasteiger partial charge >= 0.3 is 0 Å². The summed E-state index contributed by atoms with van der Waals surface area (Å²) in [5.41, 5.74) is 1.97. The highest BCUT2D eigenvalue weighted by Gasteiger charge is 2.50. The molecule has 2 saturated carbocycles. The van der Waals surface area contributed by atoms with E-state index in [2.05, 4.69) is 73.5 Å². The molecule has 154 valence electrons. The Morgan fingerprint density at radius 3 is 2.70 bits per heavy atom. The van der Waals surface area contributed by atoms with E-state index >= 15 is 0 Å². The minimum absolute atomic E-state index is 0.137. The molecule has 1 unspecified atom stereocenters. The lowest BCUT2D eigenvalue weighted by molar-refractivity contribution is -0.00461. The van der Waals surface area contributed by atoms with Crippen molar-refractivity contribution in [2.45, 2.75) is 90.6 Å². The lowest BCUT2D eigenvalue weighted by Gasteiger charge is -2.44. The van der Waals surface area contributed by atoms with Crippen molar-refractivity contribution in [3.8, 4) is 0 Å². The second-order valence-corrected chi connectivity index (χ2v) is 15.6. The molecule has 27 heavy (non-hydrogen) atoms. The molecule has 3 aliphatic carbocycles. The molecule has 3 aliphatic rings. The Morgan fingerprint density at radius 1 is 1.30 bits per heavy atom. The van der Waals surface area contributed by atoms with Crippen LogP contribution < -0.4 is 0 Å². The number of hydrogen-bond donors (Lipinski definition) is 0. The molecule has 3 rings (SSSR count). The third-order valence-electron chi connectivity index (χ3n) is 7.25. The SMILES string of the molecule is C[C@@H](CO[C@@H]1C=C[C@@](C)(O[Si](C)(C)C)C1)[C@H]1CCC2/C(=C/Br)CCC[C@@]21C. The Kier molecular flexibility index (Phi) is 6.52. The van der Waals surface area contributed by atoms with Crippen molar-refractivity contribution in [1.29, 1.82) is 0 Å². The van der Waals surface area contributed by atoms with Gasteiger partial charge in [0.15, 0.2) is 8.32 Å². The van der Waals surface area contributed by atoms with Crippen LogP contribution >= 0.6 is 15.9 Å². The Bertz CT molecular complexity index is 596. The fourth-order valence-electron chi connectivity index (χ4n) is 6.27. The van der Waals surface area contributed by atoms with Gasteiger partial charge in [-0.15, -0.1) is 0 Å². The Balaban J connectivity index is 1.55. The first-order valence-corrected chi connectivity index (χ1v) is 15.2. The standard InChI is InChI=1S/C23H39BrO2Si/c1-17(16-25-19-11-13-22(2,14-19)26-27(4,5)6)20-9-10-21-18(15-24)8-7-12-23(20,21)3/h11,13,15,17,19-21H,7-10,12,14,16H2,1-6H3/b18-15+/t17-,19+,20+,21?,22+,23+/m0/s1. The van der Waals surface area contributed by atoms with Crippen molar-refractivity contribution < 1.29 is 9.16 Å². The first-order valence-electron chi connectivity index (χ1n) is 10.9. The maximum Gasteiger partial charge on any atom is 0.184 e. The largest absolute Gasteiger partial charge is 0.409 e. The third-order valence-corrected chi connectivity index (χ3v) is 8.91. The highest BCUT2D eigenvalue weighted by atomic mass is 79.9. The summed E-state index contributed by atoms with van der Waals surface area (Å²) in [7, 11) is -1.55. The van der Waals surface area contributed by atoms with E-state index in [0.29, 0.717) is 11.3 Å². The first-order chi connectivity index (χ1) is 12.6. The van der Waals surface area contributed by atoms with Crippen LogP contribution in [0.25, 0.3) is 0 Å². The zero-order valence-corrected chi connectivity index (χ0v) is 20.8. The summed E-state index contributed by atoms with van der Waals surface area (Å²) in [4.78, 5) is 2.22. The van der Waals surface area contributed by atoms with Gasteiger partial charge in [-0.2, -0.15) is 0 Å². The second-order valence-electron chi connectivity index (χ2n) is 10.7. The Morgan fingerprint density at radius 2 is 2.04 bits per heavy atom. The van der Waals surface area contributed by atoms with Gasteiger partial charge in [0.25, 0.3) is 0 Å². The van der Waals surface area contributed by atoms with Crippen LogP contribution in [0.2, 0.25) is 19.6 Å². The third kappa shape index (κ3) is 4.82. The zero-order chi connectivity index (χ0) is 19.9. The molecule has 0 saturated heterocycles. The van der Waals surface area contributed by atoms with Gasteiger partial charge < -0.3 is 9.16 Å². The lowest BCUT2D eigenvalue weighted by Crippen LogP contribution is -2.39. The maximum atomic E-state index is 6.40. The summed E-state index contributed by atoms with van der Waals surface area (Å²) in [6.07, 6.45) is 12.4. The van der Waals surface area contributed by atoms with Gasteiger partial charge in [-0.3, -0.25) is 0 Å². The molecule has 0 bridgehead atoms. The quantitative estimate of drug-likeness (QED) is 0.315. The molecule has 2 nitrogen and oxygen atoms in total. The molecule has 0 spiro atoms. The molecule has 0 aromatic heterocycles. The van der Waals surface area contributed by atoms with Crippen LogP contribution in [-0.2, 0) is 9.16 Å². The van der Waals surface area contributed by atoms with Gasteiger partial charge in [-0.05, 0) is 86.8 Å². The molecule has 0 radical (unpaired) electrons. The maximum absolute atomic E-state index is 6.40. The van der Waals surface area contributed by atoms with Crippen LogP contribution in [-0.4, -0.2) is 26.6 Å². The van der Waals surface area contributed by atoms with Gasteiger partial charge in [-0.1, -0.05) is 47.5 Å². The van der Waals surface area contributed by atoms with Gasteiger partial charge in [0.1, 0.15) is 0 Å². The minimum Gasteiger partial charge on any atom is -0.409 e. The van der Waals surface area contributed by atoms with Crippen LogP contribution in [0.15, 0.2) is 22.7 Å². The molecule has 0 N–H and O–H groups in total. The highest BCUT2D eigenvalue weighted by Crippen LogP contribution is 2.59. The molecule has 0 aromatic rings. The average Bonchev–Trinajstić information content (AvgIpc) is 3.10. The molecular weight excluding hydrogens is 416 g/mol. The van der Waals surface area contributed by atoms with Crippen LogP contribution in [0.1, 0.15) is 59.3 Å². The zero-order valence-electron chi connectivity index (χ0n) is 18.2. The summed E-state index contributed by atoms with van der Waals surface area (Å²) in [6, 6.07) is 0. The van der Waals surface area contributed by atoms with E-state index in [1.165, 1.54) is 32.1 Å². The monoisotopic (exact) mass is 454 g/mol. The number of halogens is 1. The summed E-state index contributed by atoms with van der Waals surface area (Å²) >= 11 is 3.63. The number of rotatable bonds is 6. The van der Waals surface area contributed by atoms with Crippen LogP contribution in [0.5, 0.6) is 0 Å². The molecule has 0 amide bonds. The lowest BCUT2D eigenvalue weighted by atomic mass is 9.61. The predicted molar refractivity (Wildman–Crippen MR) is 121 cm³/mol. The van der Waals surface area contributed by atoms with Crippen molar-refractivity contribution >= 4 is 24.2 Å². The van der Waals surface area contributed by atoms with E-state index in [1.54, 1.807) is 5.57 Å². The number of ether oxygens (including phenoxy) is 1. The average molecular weight is 456 g/mol. The van der Waals surface area contributed by atoms with Crippen molar-refractivity contribution in [3.63, 3.8) is 0 Å². The minimum atomic E-state index is -1.55. The van der Waals surface area contributed by atoms with Crippen LogP contribution in [0, 0.1) is 23.2 Å². The summed E-state index contributed by atoms with van der Waals surface area (Å²) < 4.78 is 12.8. The van der Waals surface area contributed by atoms with Gasteiger partial charge in [0.2, 0.25) is 0 Å². The van der Waals surface area contributed by atoms with Crippen molar-refractivity contribution in [2.75, 3.05) is 6.61 Å². The summed E-state index contributed by atoms with van der Waals surface area (Å²) in [5.74, 6) is 2.17. The van der Waals surface area contributed by atoms with E-state index in [1.807, 2.05) is 0 Å². The first kappa shape index (κ1) is 21.8. The van der Waals surface area contributed by atoms with Gasteiger partial charge in [0, 0.05) is 6.42 Å². The van der Waals surface area contributed by atoms with E-state index in [9.17, 15) is 0 Å². The van der Waals surface area contributed by atoms with Gasteiger partial charge in [0.05, 0.1) is 18.3 Å². The van der Waals surface area contributed by atoms with Crippen LogP contribution in [0.4, 0.5) is 0 Å². The van der Waals surface area contributed by atoms with Crippen molar-refractivity contribution in [2.24, 2.45) is 23.2 Å². The number of allylic oxidation sites excluding steroid dienone is 1. The highest BCUT2D eigenvalue weighted by molar-refractivity contribution is 9.11. The number of fused-ring (bicyclic) bond motifs is 1.